The molecule has 0 saturated heterocycles. The number of halogens is 2. The lowest BCUT2D eigenvalue weighted by atomic mass is 9.94. The standard InChI is InChI=1S/C18H14F2N4O4/c1-9-15(17(25)22-11-3-2-4-12(8-11)24(27)28)16(23-18(26)21-9)13-6-5-10(19)7-14(13)20/h2-8,16H,1H3,(H,22,25)(H2,21,23,26)/t16-/m1/s1. The number of anilines is 1. The van der Waals surface area contributed by atoms with Gasteiger partial charge in [-0.25, -0.2) is 13.6 Å². The predicted octanol–water partition coefficient (Wildman–Crippen LogP) is 3.14. The third kappa shape index (κ3) is 3.80. The maximum absolute atomic E-state index is 14.3. The molecule has 2 aromatic rings. The van der Waals surface area contributed by atoms with Gasteiger partial charge in [0.1, 0.15) is 11.6 Å². The number of rotatable bonds is 4. The SMILES string of the molecule is CC1=C(C(=O)Nc2cccc([N+](=O)[O-])c2)[C@@H](c2ccc(F)cc2F)NC(=O)N1. The molecule has 0 bridgehead atoms. The topological polar surface area (TPSA) is 113 Å². The van der Waals surface area contributed by atoms with E-state index in [2.05, 4.69) is 16.0 Å². The summed E-state index contributed by atoms with van der Waals surface area (Å²) in [6.07, 6.45) is 0. The number of nitro benzene ring substituents is 1. The third-order valence-electron chi connectivity index (χ3n) is 4.10. The molecule has 8 nitrogen and oxygen atoms in total. The number of urea groups is 1. The number of hydrogen-bond donors (Lipinski definition) is 3. The van der Waals surface area contributed by atoms with Crippen LogP contribution in [0.25, 0.3) is 0 Å². The molecule has 0 unspecified atom stereocenters. The van der Waals surface area contributed by atoms with E-state index in [0.29, 0.717) is 6.07 Å². The number of hydrogen-bond acceptors (Lipinski definition) is 4. The fourth-order valence-corrected chi connectivity index (χ4v) is 2.86. The summed E-state index contributed by atoms with van der Waals surface area (Å²) in [5, 5.41) is 18.2. The minimum atomic E-state index is -1.17. The molecule has 1 heterocycles. The zero-order valence-electron chi connectivity index (χ0n) is 14.5. The molecule has 0 fully saturated rings. The van der Waals surface area contributed by atoms with E-state index in [1.165, 1.54) is 25.1 Å². The van der Waals surface area contributed by atoms with Crippen molar-refractivity contribution in [3.05, 3.63) is 81.0 Å². The van der Waals surface area contributed by atoms with Crippen molar-refractivity contribution in [1.82, 2.24) is 10.6 Å². The molecule has 0 saturated carbocycles. The largest absolute Gasteiger partial charge is 0.327 e. The van der Waals surface area contributed by atoms with Crippen LogP contribution >= 0.6 is 0 Å². The first-order valence-electron chi connectivity index (χ1n) is 8.05. The average molecular weight is 388 g/mol. The molecule has 0 aliphatic carbocycles. The van der Waals surface area contributed by atoms with Gasteiger partial charge in [-0.2, -0.15) is 0 Å². The van der Waals surface area contributed by atoms with Crippen molar-refractivity contribution in [3.8, 4) is 0 Å². The van der Waals surface area contributed by atoms with Gasteiger partial charge in [-0.15, -0.1) is 0 Å². The normalized spacial score (nSPS) is 16.2. The summed E-state index contributed by atoms with van der Waals surface area (Å²) in [5.41, 5.74) is -0.0220. The van der Waals surface area contributed by atoms with E-state index in [1.807, 2.05) is 0 Å². The highest BCUT2D eigenvalue weighted by molar-refractivity contribution is 6.06. The Morgan fingerprint density at radius 3 is 2.64 bits per heavy atom. The molecule has 3 rings (SSSR count). The summed E-state index contributed by atoms with van der Waals surface area (Å²) in [7, 11) is 0. The van der Waals surface area contributed by atoms with Crippen LogP contribution in [0.4, 0.5) is 25.0 Å². The molecule has 0 radical (unpaired) electrons. The number of benzene rings is 2. The fourth-order valence-electron chi connectivity index (χ4n) is 2.86. The molecule has 1 aliphatic heterocycles. The minimum absolute atomic E-state index is 0.0170. The average Bonchev–Trinajstić information content (AvgIpc) is 2.61. The molecule has 2 aromatic carbocycles. The van der Waals surface area contributed by atoms with E-state index in [9.17, 15) is 28.5 Å². The van der Waals surface area contributed by atoms with E-state index in [4.69, 9.17) is 0 Å². The van der Waals surface area contributed by atoms with Gasteiger partial charge in [-0.05, 0) is 19.1 Å². The lowest BCUT2D eigenvalue weighted by Crippen LogP contribution is -2.46. The molecule has 1 atom stereocenters. The Balaban J connectivity index is 1.97. The summed E-state index contributed by atoms with van der Waals surface area (Å²) >= 11 is 0. The number of nitrogens with zero attached hydrogens (tertiary/aromatic N) is 1. The van der Waals surface area contributed by atoms with E-state index in [0.717, 1.165) is 18.2 Å². The Bertz CT molecular complexity index is 1020. The second-order valence-corrected chi connectivity index (χ2v) is 6.00. The van der Waals surface area contributed by atoms with Crippen LogP contribution in [-0.4, -0.2) is 16.9 Å². The van der Waals surface area contributed by atoms with Crippen molar-refractivity contribution in [3.63, 3.8) is 0 Å². The van der Waals surface area contributed by atoms with Crippen LogP contribution in [0.3, 0.4) is 0 Å². The predicted molar refractivity (Wildman–Crippen MR) is 95.2 cm³/mol. The Kier molecular flexibility index (Phi) is 5.03. The van der Waals surface area contributed by atoms with Gasteiger partial charge in [0.2, 0.25) is 0 Å². The first kappa shape index (κ1) is 19.0. The molecule has 28 heavy (non-hydrogen) atoms. The first-order valence-corrected chi connectivity index (χ1v) is 8.05. The van der Waals surface area contributed by atoms with Gasteiger partial charge in [-0.1, -0.05) is 12.1 Å². The molecular formula is C18H14F2N4O4. The van der Waals surface area contributed by atoms with Gasteiger partial charge >= 0.3 is 6.03 Å². The van der Waals surface area contributed by atoms with E-state index >= 15 is 0 Å². The lowest BCUT2D eigenvalue weighted by molar-refractivity contribution is -0.384. The van der Waals surface area contributed by atoms with Gasteiger partial charge in [0.15, 0.2) is 0 Å². The minimum Gasteiger partial charge on any atom is -0.327 e. The first-order chi connectivity index (χ1) is 13.3. The highest BCUT2D eigenvalue weighted by Gasteiger charge is 2.33. The van der Waals surface area contributed by atoms with Crippen LogP contribution in [0.2, 0.25) is 0 Å². The number of carbonyl (C=O) groups is 2. The zero-order chi connectivity index (χ0) is 20.4. The second kappa shape index (κ2) is 7.43. The molecule has 144 valence electrons. The van der Waals surface area contributed by atoms with E-state index < -0.39 is 34.5 Å². The molecular weight excluding hydrogens is 374 g/mol. The van der Waals surface area contributed by atoms with Crippen LogP contribution < -0.4 is 16.0 Å². The molecule has 3 N–H and O–H groups in total. The van der Waals surface area contributed by atoms with Crippen LogP contribution in [0, 0.1) is 21.7 Å². The molecule has 3 amide bonds. The van der Waals surface area contributed by atoms with Crippen molar-refractivity contribution in [2.75, 3.05) is 5.32 Å². The smallest absolute Gasteiger partial charge is 0.319 e. The Hall–Kier alpha value is -3.82. The summed E-state index contributed by atoms with van der Waals surface area (Å²) < 4.78 is 27.5. The highest BCUT2D eigenvalue weighted by atomic mass is 19.1. The quantitative estimate of drug-likeness (QED) is 0.551. The van der Waals surface area contributed by atoms with Crippen molar-refractivity contribution >= 4 is 23.3 Å². The van der Waals surface area contributed by atoms with Gasteiger partial charge < -0.3 is 16.0 Å². The summed E-state index contributed by atoms with van der Waals surface area (Å²) in [6, 6.07) is 6.24. The van der Waals surface area contributed by atoms with Crippen LogP contribution in [0.15, 0.2) is 53.7 Å². The molecule has 0 aromatic heterocycles. The number of carbonyl (C=O) groups excluding carboxylic acids is 2. The number of non-ortho nitro benzene ring substituents is 1. The Morgan fingerprint density at radius 2 is 1.96 bits per heavy atom. The van der Waals surface area contributed by atoms with Crippen LogP contribution in [0.5, 0.6) is 0 Å². The second-order valence-electron chi connectivity index (χ2n) is 6.00. The number of allylic oxidation sites excluding steroid dienone is 1. The van der Waals surface area contributed by atoms with Crippen LogP contribution in [0.1, 0.15) is 18.5 Å². The lowest BCUT2D eigenvalue weighted by Gasteiger charge is -2.28. The van der Waals surface area contributed by atoms with E-state index in [1.54, 1.807) is 0 Å². The zero-order valence-corrected chi connectivity index (χ0v) is 14.5. The molecule has 0 spiro atoms. The summed E-state index contributed by atoms with van der Waals surface area (Å²) in [4.78, 5) is 34.9. The number of amides is 3. The monoisotopic (exact) mass is 388 g/mol. The number of nitro groups is 1. The maximum atomic E-state index is 14.3. The van der Waals surface area contributed by atoms with Gasteiger partial charge in [-0.3, -0.25) is 14.9 Å². The molecule has 10 heteroatoms. The van der Waals surface area contributed by atoms with Gasteiger partial charge in [0.05, 0.1) is 16.5 Å². The van der Waals surface area contributed by atoms with Crippen molar-refractivity contribution in [2.45, 2.75) is 13.0 Å². The van der Waals surface area contributed by atoms with Gasteiger partial charge in [0.25, 0.3) is 11.6 Å². The van der Waals surface area contributed by atoms with Crippen molar-refractivity contribution < 1.29 is 23.3 Å². The summed E-state index contributed by atoms with van der Waals surface area (Å²) in [5.74, 6) is -2.44. The fraction of sp³-hybridized carbons (Fsp3) is 0.111. The third-order valence-corrected chi connectivity index (χ3v) is 4.10. The maximum Gasteiger partial charge on any atom is 0.319 e. The van der Waals surface area contributed by atoms with Crippen LogP contribution in [-0.2, 0) is 4.79 Å². The highest BCUT2D eigenvalue weighted by Crippen LogP contribution is 2.30. The van der Waals surface area contributed by atoms with Crippen molar-refractivity contribution in [1.29, 1.82) is 0 Å². The van der Waals surface area contributed by atoms with Gasteiger partial charge in [0, 0.05) is 35.1 Å². The summed E-state index contributed by atoms with van der Waals surface area (Å²) in [6.45, 7) is 1.45. The number of nitrogens with one attached hydrogen (secondary N) is 3. The molecule has 1 aliphatic rings. The van der Waals surface area contributed by atoms with E-state index in [-0.39, 0.29) is 28.2 Å². The Morgan fingerprint density at radius 1 is 1.21 bits per heavy atom. The van der Waals surface area contributed by atoms with Crippen molar-refractivity contribution in [2.24, 2.45) is 0 Å². The Labute approximate surface area is 157 Å².